The lowest BCUT2D eigenvalue weighted by Crippen LogP contribution is -2.70. The highest BCUT2D eigenvalue weighted by Crippen LogP contribution is 2.38. The Morgan fingerprint density at radius 2 is 0.750 bits per heavy atom. The molecule has 42 nitrogen and oxygen atoms in total. The highest BCUT2D eigenvalue weighted by Gasteiger charge is 2.59. The quantitative estimate of drug-likeness (QED) is 0.0363. The van der Waals surface area contributed by atoms with Crippen LogP contribution in [0.1, 0.15) is 34.6 Å². The van der Waals surface area contributed by atoms with Crippen LogP contribution in [-0.4, -0.2) is 415 Å². The van der Waals surface area contributed by atoms with Crippen LogP contribution < -0.4 is 16.0 Å². The topological polar surface area (TPSA) is 662 Å². The van der Waals surface area contributed by atoms with Crippen LogP contribution in [0.4, 0.5) is 0 Å². The number of carbonyl (C=O) groups is 3. The Bertz CT molecular complexity index is 2420. The fraction of sp³-hybridized carbons (Fsp3) is 0.944. The summed E-state index contributed by atoms with van der Waals surface area (Å²) in [5.41, 5.74) is 0. The third-order valence-corrected chi connectivity index (χ3v) is 17.4. The van der Waals surface area contributed by atoms with Crippen molar-refractivity contribution in [3.8, 4) is 0 Å². The molecule has 7 saturated heterocycles. The number of aliphatic hydroxyl groups excluding tert-OH is 22. The minimum atomic E-state index is -2.36. The SMILES string of the molecule is CC(=O)N[C@H]1[C@H](OC[C@@H](O)[C@H](O)[C@H](O[C@@H]2O[C@H](CO)[C@H](O)[C@H](O)[C@H]2O[C@@H]2O[C@@H](C)[C@@H](O)[C@@H](O)[C@@H]2O)[C@H](CO)NC(C)=O)O[C@H](CO)[C@@H](O[C@@H]2O[C@H](CO)[C@H](O)[C@H](O[C@@H]3O[C@H](CO)[C@@H](O[C@@H]4O[C@H](CO)[C@H](O)[C@H](O)[C@H]4O[C@@H]4O[C@@H](C)[C@@H](O)[C@@H](O)[C@@H]4O)[C@H](O)[C@H]3NC(C)=O)[C@H]2O)[C@@H]1O. The number of hydrogen-bond acceptors (Lipinski definition) is 39. The number of ether oxygens (including phenoxy) is 14. The first-order valence-corrected chi connectivity index (χ1v) is 30.8. The molecule has 25 N–H and O–H groups in total. The van der Waals surface area contributed by atoms with Crippen molar-refractivity contribution in [2.45, 2.75) is 274 Å². The molecular formula is C54H93N3O39. The fourth-order valence-corrected chi connectivity index (χ4v) is 12.1. The van der Waals surface area contributed by atoms with Crippen molar-refractivity contribution in [3.05, 3.63) is 0 Å². The molecular weight excluding hydrogens is 1310 g/mol. The van der Waals surface area contributed by atoms with Crippen LogP contribution >= 0.6 is 0 Å². The molecule has 7 rings (SSSR count). The van der Waals surface area contributed by atoms with E-state index in [2.05, 4.69) is 16.0 Å². The Balaban J connectivity index is 1.08. The van der Waals surface area contributed by atoms with Crippen molar-refractivity contribution in [1.82, 2.24) is 16.0 Å². The molecule has 3 amide bonds. The Hall–Kier alpha value is -3.03. The van der Waals surface area contributed by atoms with Crippen LogP contribution in [-0.2, 0) is 80.7 Å². The third kappa shape index (κ3) is 18.1. The minimum absolute atomic E-state index is 0.853. The smallest absolute Gasteiger partial charge is 0.217 e. The van der Waals surface area contributed by atoms with Gasteiger partial charge < -0.3 is 195 Å². The lowest BCUT2D eigenvalue weighted by Gasteiger charge is -2.50. The second-order valence-electron chi connectivity index (χ2n) is 24.4. The van der Waals surface area contributed by atoms with Crippen LogP contribution in [0.3, 0.4) is 0 Å². The molecule has 0 unspecified atom stereocenters. The molecule has 39 atom stereocenters. The largest absolute Gasteiger partial charge is 0.394 e. The summed E-state index contributed by atoms with van der Waals surface area (Å²) < 4.78 is 81.2. The highest BCUT2D eigenvalue weighted by molar-refractivity contribution is 5.74. The average molecular weight is 1410 g/mol. The third-order valence-electron chi connectivity index (χ3n) is 17.4. The lowest BCUT2D eigenvalue weighted by molar-refractivity contribution is -0.390. The number of rotatable bonds is 27. The average Bonchev–Trinajstić information content (AvgIpc) is 0.777. The Morgan fingerprint density at radius 3 is 1.20 bits per heavy atom. The maximum atomic E-state index is 12.8. The molecule has 0 aromatic carbocycles. The number of hydrogen-bond donors (Lipinski definition) is 25. The molecule has 0 spiro atoms. The second kappa shape index (κ2) is 35.2. The molecule has 42 heteroatoms. The van der Waals surface area contributed by atoms with Gasteiger partial charge in [0, 0.05) is 20.8 Å². The van der Waals surface area contributed by atoms with Crippen molar-refractivity contribution in [3.63, 3.8) is 0 Å². The van der Waals surface area contributed by atoms with Gasteiger partial charge in [0.05, 0.1) is 64.5 Å². The van der Waals surface area contributed by atoms with Gasteiger partial charge in [-0.3, -0.25) is 14.4 Å². The monoisotopic (exact) mass is 1410 g/mol. The van der Waals surface area contributed by atoms with Crippen molar-refractivity contribution >= 4 is 17.7 Å². The predicted molar refractivity (Wildman–Crippen MR) is 299 cm³/mol. The lowest BCUT2D eigenvalue weighted by atomic mass is 9.94. The van der Waals surface area contributed by atoms with Gasteiger partial charge in [-0.15, -0.1) is 0 Å². The molecule has 0 radical (unpaired) electrons. The summed E-state index contributed by atoms with van der Waals surface area (Å²) in [4.78, 5) is 38.0. The first-order chi connectivity index (χ1) is 45.3. The fourth-order valence-electron chi connectivity index (χ4n) is 12.1. The molecule has 96 heavy (non-hydrogen) atoms. The molecule has 0 aromatic heterocycles. The molecule has 7 aliphatic rings. The Labute approximate surface area is 545 Å². The summed E-state index contributed by atoms with van der Waals surface area (Å²) in [5.74, 6) is -2.64. The van der Waals surface area contributed by atoms with E-state index in [9.17, 15) is 127 Å². The van der Waals surface area contributed by atoms with Crippen molar-refractivity contribution < 1.29 is 193 Å². The molecule has 0 saturated carbocycles. The van der Waals surface area contributed by atoms with E-state index in [0.29, 0.717) is 0 Å². The Kier molecular flexibility index (Phi) is 29.5. The van der Waals surface area contributed by atoms with E-state index < -0.39 is 303 Å². The van der Waals surface area contributed by atoms with Gasteiger partial charge in [-0.05, 0) is 13.8 Å². The molecule has 7 heterocycles. The number of aliphatic hydroxyl groups is 22. The number of amides is 3. The molecule has 0 aromatic rings. The normalized spacial score (nSPS) is 46.8. The summed E-state index contributed by atoms with van der Waals surface area (Å²) in [6, 6.07) is -5.39. The van der Waals surface area contributed by atoms with Crippen LogP contribution in [0.15, 0.2) is 0 Å². The Morgan fingerprint density at radius 1 is 0.375 bits per heavy atom. The summed E-state index contributed by atoms with van der Waals surface area (Å²) in [5, 5.41) is 247. The first kappa shape index (κ1) is 80.3. The zero-order chi connectivity index (χ0) is 71.2. The van der Waals surface area contributed by atoms with Gasteiger partial charge in [0.25, 0.3) is 0 Å². The van der Waals surface area contributed by atoms with Crippen LogP contribution in [0.25, 0.3) is 0 Å². The minimum Gasteiger partial charge on any atom is -0.394 e. The molecule has 7 fully saturated rings. The van der Waals surface area contributed by atoms with E-state index in [1.165, 1.54) is 13.8 Å². The van der Waals surface area contributed by atoms with Gasteiger partial charge in [-0.25, -0.2) is 0 Å². The van der Waals surface area contributed by atoms with Crippen molar-refractivity contribution in [1.29, 1.82) is 0 Å². The maximum Gasteiger partial charge on any atom is 0.217 e. The second-order valence-corrected chi connectivity index (χ2v) is 24.4. The van der Waals surface area contributed by atoms with Gasteiger partial charge >= 0.3 is 0 Å². The van der Waals surface area contributed by atoms with Crippen molar-refractivity contribution in [2.24, 2.45) is 0 Å². The first-order valence-electron chi connectivity index (χ1n) is 30.8. The molecule has 7 aliphatic heterocycles. The number of carbonyl (C=O) groups excluding carboxylic acids is 3. The molecule has 558 valence electrons. The van der Waals surface area contributed by atoms with E-state index in [4.69, 9.17) is 66.3 Å². The summed E-state index contributed by atoms with van der Waals surface area (Å²) in [6.45, 7) is -1.91. The van der Waals surface area contributed by atoms with E-state index >= 15 is 0 Å². The molecule has 0 aliphatic carbocycles. The van der Waals surface area contributed by atoms with Gasteiger partial charge in [0.15, 0.2) is 44.0 Å². The highest BCUT2D eigenvalue weighted by atomic mass is 16.8. The maximum absolute atomic E-state index is 12.8. The van der Waals surface area contributed by atoms with Crippen LogP contribution in [0.5, 0.6) is 0 Å². The van der Waals surface area contributed by atoms with E-state index in [0.717, 1.165) is 20.8 Å². The van der Waals surface area contributed by atoms with Gasteiger partial charge in [0.1, 0.15) is 177 Å². The van der Waals surface area contributed by atoms with Crippen LogP contribution in [0.2, 0.25) is 0 Å². The van der Waals surface area contributed by atoms with Crippen molar-refractivity contribution in [2.75, 3.05) is 46.2 Å². The van der Waals surface area contributed by atoms with E-state index in [1.54, 1.807) is 0 Å². The van der Waals surface area contributed by atoms with E-state index in [1.807, 2.05) is 0 Å². The predicted octanol–water partition coefficient (Wildman–Crippen LogP) is -16.3. The zero-order valence-electron chi connectivity index (χ0n) is 52.2. The standard InChI is InChI=1S/C54H93N3O39/c1-13-27(68)35(76)39(80)50(84-13)95-46-37(78)30(71)20(7-59)87-53(46)91-42(18(6-58)55-15(3)64)29(70)19(67)12-83-48-25(56-16(4)65)33(74)43(23(10-62)89-48)92-52-41(82)45(32(73)22(9-61)86-52)94-49-26(57-17(5)66)34(75)44(24(11-63)90-49)93-54-47(38(79)31(72)21(8-60)88-54)96-51-40(81)36(77)28(69)14(2)85-51/h13-14,18-54,58-63,67-82H,6-12H2,1-5H3,(H,55,64)(H,56,65)(H,57,66)/t13-,14-,18-,19+,20+,21+,22+,23+,24+,25+,26+,27+,28+,29-,30-,31-,32-,33+,34+,35+,36+,37-,38-,39-,40-,41+,42+,43+,44+,45-,46+,47+,48+,49-,50-,51-,52-,53-,54-/m0/s1. The van der Waals surface area contributed by atoms with Gasteiger partial charge in [-0.1, -0.05) is 0 Å². The van der Waals surface area contributed by atoms with E-state index in [-0.39, 0.29) is 0 Å². The molecule has 0 bridgehead atoms. The van der Waals surface area contributed by atoms with Crippen LogP contribution in [0, 0.1) is 0 Å². The summed E-state index contributed by atoms with van der Waals surface area (Å²) in [6.07, 6.45) is -69.4. The summed E-state index contributed by atoms with van der Waals surface area (Å²) >= 11 is 0. The van der Waals surface area contributed by atoms with Gasteiger partial charge in [-0.2, -0.15) is 0 Å². The van der Waals surface area contributed by atoms with Gasteiger partial charge in [0.2, 0.25) is 17.7 Å². The summed E-state index contributed by atoms with van der Waals surface area (Å²) in [7, 11) is 0. The zero-order valence-corrected chi connectivity index (χ0v) is 52.2. The number of nitrogens with one attached hydrogen (secondary N) is 3.